The van der Waals surface area contributed by atoms with Crippen molar-refractivity contribution in [2.45, 2.75) is 22.9 Å². The van der Waals surface area contributed by atoms with E-state index < -0.39 is 8.07 Å². The van der Waals surface area contributed by atoms with Crippen LogP contribution < -0.4 is 31.0 Å². The first kappa shape index (κ1) is 24.0. The van der Waals surface area contributed by atoms with Crippen molar-refractivity contribution in [2.24, 2.45) is 0 Å². The highest BCUT2D eigenvalue weighted by Gasteiger charge is 2.51. The maximum Gasteiger partial charge on any atom is 0.333 e. The summed E-state index contributed by atoms with van der Waals surface area (Å²) in [6.07, 6.45) is 0. The first-order valence-corrected chi connectivity index (χ1v) is 18.9. The lowest BCUT2D eigenvalue weighted by Crippen LogP contribution is -2.68. The summed E-state index contributed by atoms with van der Waals surface area (Å²) < 4.78 is 0. The molecule has 0 N–H and O–H groups in total. The van der Waals surface area contributed by atoms with Crippen LogP contribution in [0.15, 0.2) is 137 Å². The van der Waals surface area contributed by atoms with Crippen LogP contribution in [-0.2, 0) is 0 Å². The second kappa shape index (κ2) is 8.34. The SMILES string of the molecule is C[Si]1(C)c2ccccc2N2B3c4cccc5c4N(c4ccccc4S5)c4cc(-c5ccccc5)cc(c43)-c3cccc1c32. The van der Waals surface area contributed by atoms with Gasteiger partial charge >= 0.3 is 6.85 Å². The van der Waals surface area contributed by atoms with E-state index in [0.29, 0.717) is 0 Å². The van der Waals surface area contributed by atoms with E-state index in [9.17, 15) is 0 Å². The Bertz CT molecular complexity index is 2180. The van der Waals surface area contributed by atoms with Gasteiger partial charge < -0.3 is 9.71 Å². The molecule has 0 spiro atoms. The molecule has 4 aliphatic rings. The minimum absolute atomic E-state index is 0.0896. The van der Waals surface area contributed by atoms with Crippen molar-refractivity contribution >= 4 is 76.4 Å². The Hall–Kier alpha value is -4.45. The van der Waals surface area contributed by atoms with Crippen LogP contribution in [-0.4, -0.2) is 14.9 Å². The number of hydrogen-bond acceptors (Lipinski definition) is 3. The minimum Gasteiger partial charge on any atom is -0.377 e. The molecule has 10 rings (SSSR count). The van der Waals surface area contributed by atoms with E-state index >= 15 is 0 Å². The van der Waals surface area contributed by atoms with Crippen LogP contribution in [0.25, 0.3) is 22.3 Å². The van der Waals surface area contributed by atoms with Gasteiger partial charge in [-0.15, -0.1) is 0 Å². The fourth-order valence-electron chi connectivity index (χ4n) is 8.12. The van der Waals surface area contributed by atoms with E-state index in [1.165, 1.54) is 81.8 Å². The zero-order valence-corrected chi connectivity index (χ0v) is 25.8. The van der Waals surface area contributed by atoms with Crippen LogP contribution in [0.1, 0.15) is 0 Å². The molecule has 6 aromatic rings. The molecule has 0 aliphatic carbocycles. The summed E-state index contributed by atoms with van der Waals surface area (Å²) in [7, 11) is -1.94. The van der Waals surface area contributed by atoms with Gasteiger partial charge in [0.1, 0.15) is 8.07 Å². The van der Waals surface area contributed by atoms with Crippen LogP contribution >= 0.6 is 11.8 Å². The molecule has 0 atom stereocenters. The Morgan fingerprint density at radius 2 is 1.28 bits per heavy atom. The number of hydrogen-bond donors (Lipinski definition) is 0. The molecule has 0 fully saturated rings. The third-order valence-electron chi connectivity index (χ3n) is 9.99. The van der Waals surface area contributed by atoms with Gasteiger partial charge in [0.2, 0.25) is 0 Å². The third-order valence-corrected chi connectivity index (χ3v) is 14.6. The molecule has 0 saturated carbocycles. The second-order valence-electron chi connectivity index (χ2n) is 12.5. The van der Waals surface area contributed by atoms with Crippen molar-refractivity contribution in [1.29, 1.82) is 0 Å². The summed E-state index contributed by atoms with van der Waals surface area (Å²) in [6, 6.07) is 48.0. The van der Waals surface area contributed by atoms with E-state index in [1.807, 2.05) is 11.8 Å². The van der Waals surface area contributed by atoms with Gasteiger partial charge in [-0.25, -0.2) is 0 Å². The van der Waals surface area contributed by atoms with E-state index in [0.717, 1.165) is 0 Å². The Labute approximate surface area is 257 Å². The van der Waals surface area contributed by atoms with Gasteiger partial charge in [0.15, 0.2) is 0 Å². The standard InChI is InChI=1S/C38H27BN2SSi/c1-43(2)34-20-9-7-17-30(34)41-37-26(14-10-21-35(37)43)27-22-25(24-12-4-3-5-13-24)23-31-36(27)39(41)28-15-11-19-33-38(28)40(31)29-16-6-8-18-32(29)42-33/h3-23H,1-2H3. The van der Waals surface area contributed by atoms with Gasteiger partial charge in [-0.3, -0.25) is 0 Å². The molecule has 4 heterocycles. The number of para-hydroxylation sites is 4. The first-order valence-electron chi connectivity index (χ1n) is 15.1. The summed E-state index contributed by atoms with van der Waals surface area (Å²) in [5.74, 6) is 0. The number of benzene rings is 6. The molecule has 0 amide bonds. The molecular formula is C38H27BN2SSi. The highest BCUT2D eigenvalue weighted by Crippen LogP contribution is 2.55. The van der Waals surface area contributed by atoms with E-state index in [4.69, 9.17) is 0 Å². The summed E-state index contributed by atoms with van der Waals surface area (Å²) in [6.45, 7) is 5.15. The molecule has 5 heteroatoms. The topological polar surface area (TPSA) is 6.48 Å². The van der Waals surface area contributed by atoms with Crippen LogP contribution in [0.4, 0.5) is 28.4 Å². The zero-order valence-electron chi connectivity index (χ0n) is 24.0. The maximum atomic E-state index is 2.71. The van der Waals surface area contributed by atoms with Gasteiger partial charge in [-0.1, -0.05) is 116 Å². The number of rotatable bonds is 1. The monoisotopic (exact) mass is 582 g/mol. The Morgan fingerprint density at radius 1 is 0.558 bits per heavy atom. The first-order chi connectivity index (χ1) is 21.1. The van der Waals surface area contributed by atoms with E-state index in [1.54, 1.807) is 0 Å². The second-order valence-corrected chi connectivity index (χ2v) is 17.9. The molecule has 4 aliphatic heterocycles. The molecule has 2 nitrogen and oxygen atoms in total. The summed E-state index contributed by atoms with van der Waals surface area (Å²) in [5.41, 5.74) is 14.7. The Balaban J connectivity index is 1.39. The van der Waals surface area contributed by atoms with Crippen molar-refractivity contribution < 1.29 is 0 Å². The van der Waals surface area contributed by atoms with Gasteiger partial charge in [-0.05, 0) is 74.4 Å². The molecule has 0 radical (unpaired) electrons. The molecule has 43 heavy (non-hydrogen) atoms. The van der Waals surface area contributed by atoms with E-state index in [-0.39, 0.29) is 6.85 Å². The fraction of sp³-hybridized carbons (Fsp3) is 0.0526. The number of nitrogens with zero attached hydrogens (tertiary/aromatic N) is 2. The largest absolute Gasteiger partial charge is 0.377 e. The van der Waals surface area contributed by atoms with Crippen molar-refractivity contribution in [1.82, 2.24) is 0 Å². The summed E-state index contributed by atoms with van der Waals surface area (Å²) in [5, 5.41) is 3.06. The van der Waals surface area contributed by atoms with Crippen LogP contribution in [0.2, 0.25) is 13.1 Å². The molecule has 6 aromatic carbocycles. The quantitative estimate of drug-likeness (QED) is 0.184. The van der Waals surface area contributed by atoms with Crippen LogP contribution in [0.5, 0.6) is 0 Å². The number of anilines is 5. The van der Waals surface area contributed by atoms with Crippen LogP contribution in [0, 0.1) is 0 Å². The van der Waals surface area contributed by atoms with Gasteiger partial charge in [-0.2, -0.15) is 0 Å². The highest BCUT2D eigenvalue weighted by atomic mass is 32.2. The van der Waals surface area contributed by atoms with Crippen molar-refractivity contribution in [3.05, 3.63) is 127 Å². The smallest absolute Gasteiger partial charge is 0.333 e. The minimum atomic E-state index is -1.94. The van der Waals surface area contributed by atoms with Gasteiger partial charge in [0, 0.05) is 32.4 Å². The van der Waals surface area contributed by atoms with Gasteiger partial charge in [0.25, 0.3) is 0 Å². The molecule has 0 unspecified atom stereocenters. The van der Waals surface area contributed by atoms with E-state index in [2.05, 4.69) is 150 Å². The molecule has 0 saturated heterocycles. The predicted octanol–water partition coefficient (Wildman–Crippen LogP) is 7.66. The average molecular weight is 583 g/mol. The Kier molecular flexibility index (Phi) is 4.66. The molecule has 0 aromatic heterocycles. The van der Waals surface area contributed by atoms with Crippen LogP contribution in [0.3, 0.4) is 0 Å². The highest BCUT2D eigenvalue weighted by molar-refractivity contribution is 7.99. The molecule has 202 valence electrons. The lowest BCUT2D eigenvalue weighted by Gasteiger charge is -2.51. The fourth-order valence-corrected chi connectivity index (χ4v) is 12.2. The molecular weight excluding hydrogens is 555 g/mol. The maximum absolute atomic E-state index is 2.71. The molecule has 0 bridgehead atoms. The number of fused-ring (bicyclic) bond motifs is 8. The summed E-state index contributed by atoms with van der Waals surface area (Å²) in [4.78, 5) is 7.91. The predicted molar refractivity (Wildman–Crippen MR) is 186 cm³/mol. The lowest BCUT2D eigenvalue weighted by atomic mass is 9.43. The summed E-state index contributed by atoms with van der Waals surface area (Å²) >= 11 is 1.90. The lowest BCUT2D eigenvalue weighted by molar-refractivity contribution is 1.17. The van der Waals surface area contributed by atoms with Crippen molar-refractivity contribution in [3.8, 4) is 22.3 Å². The van der Waals surface area contributed by atoms with Crippen molar-refractivity contribution in [2.75, 3.05) is 9.71 Å². The zero-order chi connectivity index (χ0) is 28.4. The Morgan fingerprint density at radius 3 is 2.16 bits per heavy atom. The van der Waals surface area contributed by atoms with Crippen molar-refractivity contribution in [3.63, 3.8) is 0 Å². The third kappa shape index (κ3) is 3.01. The normalized spacial score (nSPS) is 15.6. The average Bonchev–Trinajstić information content (AvgIpc) is 3.05. The van der Waals surface area contributed by atoms with Gasteiger partial charge in [0.05, 0.1) is 11.4 Å².